The monoisotopic (exact) mass is 608 g/mol. The Labute approximate surface area is 243 Å². The summed E-state index contributed by atoms with van der Waals surface area (Å²) in [5, 5.41) is 25.5. The number of aromatic nitrogens is 4. The molecule has 0 saturated carbocycles. The van der Waals surface area contributed by atoms with E-state index in [2.05, 4.69) is 20.0 Å². The van der Waals surface area contributed by atoms with Crippen LogP contribution in [-0.4, -0.2) is 72.3 Å². The second-order valence-corrected chi connectivity index (χ2v) is 14.5. The predicted molar refractivity (Wildman–Crippen MR) is 155 cm³/mol. The van der Waals surface area contributed by atoms with Crippen molar-refractivity contribution in [2.75, 3.05) is 12.3 Å². The first-order valence-electron chi connectivity index (χ1n) is 13.1. The van der Waals surface area contributed by atoms with Gasteiger partial charge in [0, 0.05) is 0 Å². The minimum atomic E-state index is -3.46. The summed E-state index contributed by atoms with van der Waals surface area (Å²) < 4.78 is 25.4. The molecule has 0 aliphatic carbocycles. The summed E-state index contributed by atoms with van der Waals surface area (Å²) in [6.45, 7) is 7.30. The number of esters is 1. The standard InChI is InChI=1S/C26H37N6O7PS/c1-15(23(34)36-12-25(3,4)5)31-40(41,39-17-10-8-7-9-11-17)38-16(2)19-20(33)26(6,35)24(37-19)32-14-30-18-21(27)28-13-29-22(18)32/h7-11,13-16,19-20,24,33,35H,12H2,1-6H3,(H,31,41)(H2,27,28,29)/t15?,16?,19-,20-,24-,26-,40?/m1/s1. The molecule has 7 atom stereocenters. The smallest absolute Gasteiger partial charge is 0.323 e. The number of nitrogens with zero attached hydrogens (tertiary/aromatic N) is 4. The van der Waals surface area contributed by atoms with Gasteiger partial charge in [0.05, 0.1) is 19.0 Å². The first kappa shape index (κ1) is 31.2. The van der Waals surface area contributed by atoms with Gasteiger partial charge in [-0.05, 0) is 50.1 Å². The van der Waals surface area contributed by atoms with Gasteiger partial charge in [-0.3, -0.25) is 9.36 Å². The zero-order valence-electron chi connectivity index (χ0n) is 23.8. The molecule has 0 spiro atoms. The molecule has 2 aromatic heterocycles. The lowest BCUT2D eigenvalue weighted by Crippen LogP contribution is -2.46. The summed E-state index contributed by atoms with van der Waals surface area (Å²) in [6, 6.07) is 7.92. The SMILES string of the molecule is CC(NP(=S)(Oc1ccccc1)OC(C)[C@H]1O[C@@H](n2cnc3c(N)ncnc32)[C@](C)(O)[C@@H]1O)C(=O)OCC(C)(C)C. The van der Waals surface area contributed by atoms with Crippen LogP contribution in [0.25, 0.3) is 11.2 Å². The number of aliphatic hydroxyl groups is 2. The molecule has 13 nitrogen and oxygen atoms in total. The van der Waals surface area contributed by atoms with Gasteiger partial charge in [-0.2, -0.15) is 0 Å². The third-order valence-electron chi connectivity index (χ3n) is 6.42. The zero-order chi connectivity index (χ0) is 30.2. The average molecular weight is 609 g/mol. The van der Waals surface area contributed by atoms with Gasteiger partial charge in [0.25, 0.3) is 0 Å². The molecule has 4 rings (SSSR count). The summed E-state index contributed by atoms with van der Waals surface area (Å²) in [5.74, 6) is 0.0707. The Morgan fingerprint density at radius 3 is 2.61 bits per heavy atom. The summed E-state index contributed by atoms with van der Waals surface area (Å²) in [5.41, 5.74) is 4.57. The van der Waals surface area contributed by atoms with Crippen molar-refractivity contribution in [2.24, 2.45) is 5.41 Å². The van der Waals surface area contributed by atoms with Crippen LogP contribution in [0.2, 0.25) is 0 Å². The normalized spacial score (nSPS) is 25.9. The van der Waals surface area contributed by atoms with Crippen molar-refractivity contribution >= 4 is 41.4 Å². The quantitative estimate of drug-likeness (QED) is 0.195. The number of nitrogen functional groups attached to an aromatic ring is 1. The van der Waals surface area contributed by atoms with E-state index in [1.165, 1.54) is 24.1 Å². The molecule has 224 valence electrons. The van der Waals surface area contributed by atoms with Gasteiger partial charge >= 0.3 is 12.6 Å². The van der Waals surface area contributed by atoms with Crippen LogP contribution in [0.15, 0.2) is 43.0 Å². The van der Waals surface area contributed by atoms with Gasteiger partial charge in [-0.15, -0.1) is 0 Å². The van der Waals surface area contributed by atoms with E-state index < -0.39 is 48.8 Å². The Balaban J connectivity index is 1.56. The minimum absolute atomic E-state index is 0.167. The first-order chi connectivity index (χ1) is 19.1. The van der Waals surface area contributed by atoms with E-state index >= 15 is 0 Å². The first-order valence-corrected chi connectivity index (χ1v) is 15.7. The molecule has 41 heavy (non-hydrogen) atoms. The molecule has 0 amide bonds. The second kappa shape index (κ2) is 11.9. The molecule has 3 unspecified atom stereocenters. The molecular formula is C26H37N6O7PS. The lowest BCUT2D eigenvalue weighted by molar-refractivity contribution is -0.148. The van der Waals surface area contributed by atoms with E-state index in [1.807, 2.05) is 26.8 Å². The highest BCUT2D eigenvalue weighted by atomic mass is 32.5. The molecule has 15 heteroatoms. The van der Waals surface area contributed by atoms with Crippen molar-refractivity contribution in [1.29, 1.82) is 0 Å². The number of nitrogens with two attached hydrogens (primary N) is 1. The number of ether oxygens (including phenoxy) is 2. The van der Waals surface area contributed by atoms with E-state index in [0.717, 1.165) is 0 Å². The van der Waals surface area contributed by atoms with Crippen LogP contribution in [-0.2, 0) is 30.6 Å². The summed E-state index contributed by atoms with van der Waals surface area (Å²) >= 11 is 5.83. The van der Waals surface area contributed by atoms with Crippen LogP contribution in [0.1, 0.15) is 47.8 Å². The maximum atomic E-state index is 12.8. The fourth-order valence-electron chi connectivity index (χ4n) is 4.28. The molecule has 3 aromatic rings. The number of nitrogens with one attached hydrogen (secondary N) is 1. The number of hydrogen-bond acceptors (Lipinski definition) is 12. The topological polar surface area (TPSA) is 176 Å². The van der Waals surface area contributed by atoms with Gasteiger partial charge in [-0.1, -0.05) is 39.0 Å². The lowest BCUT2D eigenvalue weighted by atomic mass is 9.94. The molecule has 1 aliphatic heterocycles. The zero-order valence-corrected chi connectivity index (χ0v) is 25.5. The lowest BCUT2D eigenvalue weighted by Gasteiger charge is -2.32. The Kier molecular flexibility index (Phi) is 9.05. The van der Waals surface area contributed by atoms with E-state index in [4.69, 9.17) is 36.1 Å². The third-order valence-corrected chi connectivity index (χ3v) is 8.99. The number of carbonyl (C=O) groups is 1. The largest absolute Gasteiger partial charge is 0.464 e. The van der Waals surface area contributed by atoms with Gasteiger partial charge in [0.2, 0.25) is 0 Å². The molecule has 1 fully saturated rings. The number of benzene rings is 1. The minimum Gasteiger partial charge on any atom is -0.464 e. The van der Waals surface area contributed by atoms with Crippen LogP contribution < -0.4 is 15.3 Å². The summed E-state index contributed by atoms with van der Waals surface area (Å²) in [4.78, 5) is 25.1. The van der Waals surface area contributed by atoms with Crippen LogP contribution in [0.5, 0.6) is 5.75 Å². The number of hydrogen-bond donors (Lipinski definition) is 4. The predicted octanol–water partition coefficient (Wildman–Crippen LogP) is 2.69. The van der Waals surface area contributed by atoms with Crippen LogP contribution in [0.4, 0.5) is 5.82 Å². The number of imidazole rings is 1. The molecule has 1 aliphatic rings. The highest BCUT2D eigenvalue weighted by Crippen LogP contribution is 2.49. The Hall–Kier alpha value is -2.71. The second-order valence-electron chi connectivity index (χ2n) is 11.4. The molecule has 1 aromatic carbocycles. The van der Waals surface area contributed by atoms with Gasteiger partial charge in [0.15, 0.2) is 17.7 Å². The molecule has 0 radical (unpaired) electrons. The van der Waals surface area contributed by atoms with E-state index in [-0.39, 0.29) is 17.8 Å². The molecule has 0 bridgehead atoms. The van der Waals surface area contributed by atoms with Crippen molar-refractivity contribution < 1.29 is 33.5 Å². The van der Waals surface area contributed by atoms with Crippen LogP contribution in [0, 0.1) is 5.41 Å². The third kappa shape index (κ3) is 7.03. The Morgan fingerprint density at radius 1 is 1.27 bits per heavy atom. The number of para-hydroxylation sites is 1. The molecule has 3 heterocycles. The van der Waals surface area contributed by atoms with Crippen molar-refractivity contribution in [3.05, 3.63) is 43.0 Å². The maximum Gasteiger partial charge on any atom is 0.323 e. The highest BCUT2D eigenvalue weighted by molar-refractivity contribution is 8.09. The summed E-state index contributed by atoms with van der Waals surface area (Å²) in [7, 11) is 0. The number of aliphatic hydroxyl groups excluding tert-OH is 1. The van der Waals surface area contributed by atoms with Crippen LogP contribution >= 0.6 is 6.64 Å². The Morgan fingerprint density at radius 2 is 1.95 bits per heavy atom. The fourth-order valence-corrected chi connectivity index (χ4v) is 7.11. The van der Waals surface area contributed by atoms with E-state index in [0.29, 0.717) is 16.9 Å². The highest BCUT2D eigenvalue weighted by Gasteiger charge is 2.56. The number of fused-ring (bicyclic) bond motifs is 1. The van der Waals surface area contributed by atoms with Gasteiger partial charge < -0.3 is 34.5 Å². The molecule has 1 saturated heterocycles. The van der Waals surface area contributed by atoms with Crippen molar-refractivity contribution in [1.82, 2.24) is 24.6 Å². The van der Waals surface area contributed by atoms with Gasteiger partial charge in [-0.25, -0.2) is 20.0 Å². The molecule has 5 N–H and O–H groups in total. The number of anilines is 1. The average Bonchev–Trinajstić information content (AvgIpc) is 3.41. The van der Waals surface area contributed by atoms with Crippen LogP contribution in [0.3, 0.4) is 0 Å². The van der Waals surface area contributed by atoms with Crippen molar-refractivity contribution in [2.45, 2.75) is 77.7 Å². The van der Waals surface area contributed by atoms with E-state index in [1.54, 1.807) is 38.1 Å². The fraction of sp³-hybridized carbons (Fsp3) is 0.538. The number of carbonyl (C=O) groups excluding carboxylic acids is 1. The van der Waals surface area contributed by atoms with Crippen molar-refractivity contribution in [3.63, 3.8) is 0 Å². The Bertz CT molecular complexity index is 1420. The van der Waals surface area contributed by atoms with Gasteiger partial charge in [0.1, 0.15) is 41.4 Å². The van der Waals surface area contributed by atoms with E-state index in [9.17, 15) is 15.0 Å². The summed E-state index contributed by atoms with van der Waals surface area (Å²) in [6.07, 6.45) is -1.79. The molecular weight excluding hydrogens is 571 g/mol. The maximum absolute atomic E-state index is 12.8. The van der Waals surface area contributed by atoms with Crippen molar-refractivity contribution in [3.8, 4) is 5.75 Å². The number of rotatable bonds is 10.